The van der Waals surface area contributed by atoms with Crippen molar-refractivity contribution in [3.63, 3.8) is 0 Å². The summed E-state index contributed by atoms with van der Waals surface area (Å²) in [5.41, 5.74) is 0.798. The van der Waals surface area contributed by atoms with Gasteiger partial charge in [0.25, 0.3) is 5.91 Å². The Morgan fingerprint density at radius 3 is 2.37 bits per heavy atom. The van der Waals surface area contributed by atoms with E-state index in [4.69, 9.17) is 16.3 Å². The molecule has 2 aliphatic heterocycles. The van der Waals surface area contributed by atoms with E-state index in [0.717, 1.165) is 25.9 Å². The van der Waals surface area contributed by atoms with Crippen LogP contribution in [0.2, 0.25) is 5.02 Å². The maximum atomic E-state index is 12.9. The maximum Gasteiger partial charge on any atom is 0.255 e. The number of benzene rings is 1. The smallest absolute Gasteiger partial charge is 0.255 e. The number of rotatable bonds is 4. The number of hydrogen-bond acceptors (Lipinski definition) is 5. The van der Waals surface area contributed by atoms with Gasteiger partial charge in [-0.1, -0.05) is 11.6 Å². The molecular formula is C19H27ClN4O3. The molecule has 2 aliphatic rings. The number of piperazine rings is 1. The Bertz CT molecular complexity index is 726. The van der Waals surface area contributed by atoms with Crippen LogP contribution in [0.3, 0.4) is 0 Å². The number of likely N-dealkylation sites (N-methyl/N-ethyl adjacent to an activating group) is 2. The van der Waals surface area contributed by atoms with Crippen molar-refractivity contribution < 1.29 is 14.3 Å². The molecule has 1 aromatic carbocycles. The highest BCUT2D eigenvalue weighted by Crippen LogP contribution is 2.32. The molecule has 2 N–H and O–H groups in total. The Morgan fingerprint density at radius 2 is 1.81 bits per heavy atom. The topological polar surface area (TPSA) is 73.9 Å². The lowest BCUT2D eigenvalue weighted by Gasteiger charge is -2.50. The van der Waals surface area contributed by atoms with E-state index in [1.807, 2.05) is 0 Å². The lowest BCUT2D eigenvalue weighted by atomic mass is 9.88. The molecule has 3 rings (SSSR count). The van der Waals surface area contributed by atoms with Crippen molar-refractivity contribution in [2.45, 2.75) is 37.9 Å². The highest BCUT2D eigenvalue weighted by atomic mass is 35.5. The van der Waals surface area contributed by atoms with E-state index in [0.29, 0.717) is 34.1 Å². The van der Waals surface area contributed by atoms with Gasteiger partial charge in [-0.3, -0.25) is 14.5 Å². The van der Waals surface area contributed by atoms with Gasteiger partial charge in [-0.25, -0.2) is 0 Å². The minimum Gasteiger partial charge on any atom is -0.496 e. The number of anilines is 1. The number of likely N-dealkylation sites (tertiary alicyclic amines) is 1. The number of carbonyl (C=O) groups excluding carboxylic acids is 2. The standard InChI is InChI=1S/C19H27ClN4O3/c1-11(25)21-17-8-18(27-4)15(7-16(17)20)19(26)22-12-5-13-9-23(2)10-14(6-12)24(13)3/h7-8,12-14H,5-6,9-10H2,1-4H3,(H,21,25)(H,22,26)/t12?,13-,14+. The second kappa shape index (κ2) is 8.04. The molecule has 0 aliphatic carbocycles. The monoisotopic (exact) mass is 394 g/mol. The van der Waals surface area contributed by atoms with Crippen LogP contribution in [0.25, 0.3) is 0 Å². The fourth-order valence-corrected chi connectivity index (χ4v) is 4.36. The number of hydrogen-bond donors (Lipinski definition) is 2. The first-order chi connectivity index (χ1) is 12.8. The van der Waals surface area contributed by atoms with Gasteiger partial charge in [0, 0.05) is 44.2 Å². The minimum atomic E-state index is -0.237. The molecular weight excluding hydrogens is 368 g/mol. The number of carbonyl (C=O) groups is 2. The van der Waals surface area contributed by atoms with E-state index in [9.17, 15) is 9.59 Å². The molecule has 1 aromatic rings. The Morgan fingerprint density at radius 1 is 1.19 bits per heavy atom. The van der Waals surface area contributed by atoms with E-state index < -0.39 is 0 Å². The van der Waals surface area contributed by atoms with E-state index in [-0.39, 0.29) is 17.9 Å². The lowest BCUT2D eigenvalue weighted by Crippen LogP contribution is -2.63. The number of nitrogens with zero attached hydrogens (tertiary/aromatic N) is 2. The molecule has 0 aromatic heterocycles. The first kappa shape index (κ1) is 19.9. The molecule has 7 nitrogen and oxygen atoms in total. The molecule has 2 bridgehead atoms. The van der Waals surface area contributed by atoms with Gasteiger partial charge in [0.15, 0.2) is 0 Å². The summed E-state index contributed by atoms with van der Waals surface area (Å²) < 4.78 is 5.35. The molecule has 3 atom stereocenters. The molecule has 2 amide bonds. The number of halogens is 1. The van der Waals surface area contributed by atoms with E-state index in [1.165, 1.54) is 14.0 Å². The molecule has 1 unspecified atom stereocenters. The Hall–Kier alpha value is -1.83. The molecule has 27 heavy (non-hydrogen) atoms. The molecule has 2 heterocycles. The van der Waals surface area contributed by atoms with Crippen molar-refractivity contribution >= 4 is 29.1 Å². The largest absolute Gasteiger partial charge is 0.496 e. The third-order valence-corrected chi connectivity index (χ3v) is 5.80. The summed E-state index contributed by atoms with van der Waals surface area (Å²) in [5, 5.41) is 6.09. The van der Waals surface area contributed by atoms with Crippen molar-refractivity contribution in [2.75, 3.05) is 39.6 Å². The third-order valence-electron chi connectivity index (χ3n) is 5.49. The first-order valence-electron chi connectivity index (χ1n) is 9.15. The van der Waals surface area contributed by atoms with Crippen LogP contribution in [0.1, 0.15) is 30.1 Å². The minimum absolute atomic E-state index is 0.121. The van der Waals surface area contributed by atoms with Crippen LogP contribution in [0.4, 0.5) is 5.69 Å². The number of methoxy groups -OCH3 is 1. The van der Waals surface area contributed by atoms with Gasteiger partial charge in [0.2, 0.25) is 5.91 Å². The Labute approximate surface area is 165 Å². The van der Waals surface area contributed by atoms with Crippen molar-refractivity contribution in [1.29, 1.82) is 0 Å². The highest BCUT2D eigenvalue weighted by Gasteiger charge is 2.38. The second-order valence-corrected chi connectivity index (χ2v) is 7.96. The molecule has 8 heteroatoms. The summed E-state index contributed by atoms with van der Waals surface area (Å²) in [6, 6.07) is 4.14. The molecule has 2 fully saturated rings. The number of ether oxygens (including phenoxy) is 1. The molecule has 2 saturated heterocycles. The normalized spacial score (nSPS) is 25.7. The molecule has 0 radical (unpaired) electrons. The van der Waals surface area contributed by atoms with Crippen LogP contribution in [0.15, 0.2) is 12.1 Å². The fourth-order valence-electron chi connectivity index (χ4n) is 4.15. The predicted octanol–water partition coefficient (Wildman–Crippen LogP) is 1.81. The second-order valence-electron chi connectivity index (χ2n) is 7.55. The Balaban J connectivity index is 1.74. The number of nitrogens with one attached hydrogen (secondary N) is 2. The summed E-state index contributed by atoms with van der Waals surface area (Å²) in [5.74, 6) is -0.0587. The van der Waals surface area contributed by atoms with E-state index in [2.05, 4.69) is 34.5 Å². The zero-order valence-electron chi connectivity index (χ0n) is 16.2. The number of amides is 2. The number of fused-ring (bicyclic) bond motifs is 2. The summed E-state index contributed by atoms with van der Waals surface area (Å²) in [7, 11) is 5.81. The van der Waals surface area contributed by atoms with E-state index >= 15 is 0 Å². The van der Waals surface area contributed by atoms with Crippen LogP contribution in [0, 0.1) is 0 Å². The molecule has 0 saturated carbocycles. The lowest BCUT2D eigenvalue weighted by molar-refractivity contribution is -0.114. The van der Waals surface area contributed by atoms with Crippen molar-refractivity contribution in [3.8, 4) is 5.75 Å². The maximum absolute atomic E-state index is 12.9. The first-order valence-corrected chi connectivity index (χ1v) is 9.52. The van der Waals surface area contributed by atoms with E-state index in [1.54, 1.807) is 12.1 Å². The van der Waals surface area contributed by atoms with Gasteiger partial charge in [-0.2, -0.15) is 0 Å². The van der Waals surface area contributed by atoms with Gasteiger partial charge >= 0.3 is 0 Å². The van der Waals surface area contributed by atoms with Gasteiger partial charge in [-0.05, 0) is 33.0 Å². The summed E-state index contributed by atoms with van der Waals surface area (Å²) in [4.78, 5) is 29.0. The van der Waals surface area contributed by atoms with Gasteiger partial charge in [0.05, 0.1) is 23.4 Å². The number of piperidine rings is 1. The summed E-state index contributed by atoms with van der Waals surface area (Å²) >= 11 is 6.24. The van der Waals surface area contributed by atoms with Crippen LogP contribution in [-0.2, 0) is 4.79 Å². The van der Waals surface area contributed by atoms with Crippen LogP contribution >= 0.6 is 11.6 Å². The Kier molecular flexibility index (Phi) is 5.93. The average Bonchev–Trinajstić information content (AvgIpc) is 2.58. The van der Waals surface area contributed by atoms with Gasteiger partial charge in [-0.15, -0.1) is 0 Å². The van der Waals surface area contributed by atoms with Gasteiger partial charge < -0.3 is 20.3 Å². The van der Waals surface area contributed by atoms with Crippen molar-refractivity contribution in [2.24, 2.45) is 0 Å². The van der Waals surface area contributed by atoms with Gasteiger partial charge in [0.1, 0.15) is 5.75 Å². The summed E-state index contributed by atoms with van der Waals surface area (Å²) in [6.07, 6.45) is 1.84. The average molecular weight is 395 g/mol. The van der Waals surface area contributed by atoms with Crippen LogP contribution in [-0.4, -0.2) is 74.0 Å². The molecule has 0 spiro atoms. The van der Waals surface area contributed by atoms with Crippen molar-refractivity contribution in [1.82, 2.24) is 15.1 Å². The highest BCUT2D eigenvalue weighted by molar-refractivity contribution is 6.34. The zero-order chi connectivity index (χ0) is 19.7. The molecule has 148 valence electrons. The fraction of sp³-hybridized carbons (Fsp3) is 0.579. The van der Waals surface area contributed by atoms with Crippen LogP contribution < -0.4 is 15.4 Å². The SMILES string of the molecule is COc1cc(NC(C)=O)c(Cl)cc1C(=O)NC1C[C@@H]2CN(C)C[C@H](C1)N2C. The van der Waals surface area contributed by atoms with Crippen LogP contribution in [0.5, 0.6) is 5.75 Å². The zero-order valence-corrected chi connectivity index (χ0v) is 17.0. The summed E-state index contributed by atoms with van der Waals surface area (Å²) in [6.45, 7) is 3.43. The van der Waals surface area contributed by atoms with Crippen molar-refractivity contribution in [3.05, 3.63) is 22.7 Å². The quantitative estimate of drug-likeness (QED) is 0.814. The third kappa shape index (κ3) is 4.36. The predicted molar refractivity (Wildman–Crippen MR) is 106 cm³/mol.